The van der Waals surface area contributed by atoms with Gasteiger partial charge in [-0.15, -0.1) is 0 Å². The maximum Gasteiger partial charge on any atom is 0.407 e. The first-order valence-corrected chi connectivity index (χ1v) is 18.1. The Morgan fingerprint density at radius 3 is 2.19 bits per heavy atom. The van der Waals surface area contributed by atoms with E-state index in [1.54, 1.807) is 0 Å². The van der Waals surface area contributed by atoms with Crippen LogP contribution in [0.5, 0.6) is 0 Å². The number of carbonyl (C=O) groups excluding carboxylic acids is 1. The zero-order valence-electron chi connectivity index (χ0n) is 26.9. The van der Waals surface area contributed by atoms with E-state index in [9.17, 15) is 23.1 Å². The zero-order valence-corrected chi connectivity index (χ0v) is 27.7. The third kappa shape index (κ3) is 4.64. The molecule has 5 aliphatic rings. The number of amides is 1. The summed E-state index contributed by atoms with van der Waals surface area (Å²) in [6.07, 6.45) is 8.94. The highest BCUT2D eigenvalue weighted by Gasteiger charge is 2.72. The van der Waals surface area contributed by atoms with E-state index in [2.05, 4.69) is 53.8 Å². The molecule has 5 rings (SSSR count). The van der Waals surface area contributed by atoms with Crippen molar-refractivity contribution in [3.05, 3.63) is 0 Å². The quantitative estimate of drug-likeness (QED) is 0.283. The van der Waals surface area contributed by atoms with Gasteiger partial charge in [-0.1, -0.05) is 48.5 Å². The molecule has 0 bridgehead atoms. The van der Waals surface area contributed by atoms with E-state index >= 15 is 0 Å². The molecule has 4 unspecified atom stereocenters. The molecule has 0 radical (unpaired) electrons. The van der Waals surface area contributed by atoms with Crippen molar-refractivity contribution in [1.82, 2.24) is 5.32 Å². The van der Waals surface area contributed by atoms with Crippen LogP contribution in [0.3, 0.4) is 0 Å². The maximum absolute atomic E-state index is 12.9. The van der Waals surface area contributed by atoms with Crippen molar-refractivity contribution in [1.29, 1.82) is 0 Å². The second-order valence-electron chi connectivity index (χ2n) is 16.6. The molecule has 0 aromatic rings. The summed E-state index contributed by atoms with van der Waals surface area (Å²) in [6, 6.07) is 0. The minimum absolute atomic E-state index is 0.0975. The fraction of sp³-hybridized carbons (Fsp3) is 0.939. The maximum atomic E-state index is 12.9. The van der Waals surface area contributed by atoms with Gasteiger partial charge >= 0.3 is 12.1 Å². The minimum atomic E-state index is -4.15. The molecule has 0 spiro atoms. The van der Waals surface area contributed by atoms with Crippen LogP contribution < -0.4 is 5.32 Å². The van der Waals surface area contributed by atoms with Gasteiger partial charge in [-0.2, -0.15) is 8.42 Å². The van der Waals surface area contributed by atoms with Gasteiger partial charge in [0.1, 0.15) is 6.10 Å². The van der Waals surface area contributed by atoms with Crippen molar-refractivity contribution >= 4 is 22.2 Å². The molecule has 5 fully saturated rings. The number of aliphatic carboxylic acids is 1. The van der Waals surface area contributed by atoms with E-state index in [1.165, 1.54) is 0 Å². The number of ether oxygens (including phenoxy) is 1. The van der Waals surface area contributed by atoms with E-state index in [4.69, 9.17) is 9.29 Å². The Labute approximate surface area is 253 Å². The van der Waals surface area contributed by atoms with Gasteiger partial charge in [-0.25, -0.2) is 4.79 Å². The Hall–Kier alpha value is -1.35. The van der Waals surface area contributed by atoms with Gasteiger partial charge in [0.2, 0.25) is 0 Å². The summed E-state index contributed by atoms with van der Waals surface area (Å²) in [5.41, 5.74) is -0.461. The average molecular weight is 610 g/mol. The fourth-order valence-electron chi connectivity index (χ4n) is 12.4. The second-order valence-corrected chi connectivity index (χ2v) is 18.1. The molecule has 0 aromatic heterocycles. The number of alkyl carbamates (subject to hydrolysis) is 1. The van der Waals surface area contributed by atoms with E-state index in [1.807, 2.05) is 0 Å². The van der Waals surface area contributed by atoms with Crippen LogP contribution in [-0.4, -0.2) is 48.5 Å². The summed E-state index contributed by atoms with van der Waals surface area (Å²) >= 11 is 0. The topological polar surface area (TPSA) is 130 Å². The van der Waals surface area contributed by atoms with Crippen LogP contribution >= 0.6 is 0 Å². The SMILES string of the molecule is CC(C)[C@@H]1CC[C@]2(C(=O)O)CC[C@]3(C)C(CCC4[C@@]5(C)CC[C@@H](OC(=O)NCCS(=O)(=O)O)C(C)(C)C5CC[C@]43C)C12. The van der Waals surface area contributed by atoms with Crippen molar-refractivity contribution in [2.24, 2.45) is 62.6 Å². The van der Waals surface area contributed by atoms with Gasteiger partial charge < -0.3 is 15.2 Å². The zero-order chi connectivity index (χ0) is 31.1. The van der Waals surface area contributed by atoms with Crippen molar-refractivity contribution in [3.63, 3.8) is 0 Å². The Balaban J connectivity index is 1.39. The molecule has 3 N–H and O–H groups in total. The molecule has 9 heteroatoms. The number of carboxylic acid groups (broad SMARTS) is 1. The average Bonchev–Trinajstić information content (AvgIpc) is 3.27. The van der Waals surface area contributed by atoms with E-state index in [-0.39, 0.29) is 40.2 Å². The van der Waals surface area contributed by atoms with E-state index in [0.29, 0.717) is 29.6 Å². The molecule has 0 aliphatic heterocycles. The van der Waals surface area contributed by atoms with Crippen LogP contribution in [0, 0.1) is 62.6 Å². The predicted molar refractivity (Wildman–Crippen MR) is 161 cm³/mol. The Kier molecular flexibility index (Phi) is 7.90. The summed E-state index contributed by atoms with van der Waals surface area (Å²) in [6.45, 7) is 16.4. The highest BCUT2D eigenvalue weighted by atomic mass is 32.2. The first kappa shape index (κ1) is 32.1. The highest BCUT2D eigenvalue weighted by Crippen LogP contribution is 2.77. The molecule has 42 heavy (non-hydrogen) atoms. The van der Waals surface area contributed by atoms with Crippen LogP contribution in [0.15, 0.2) is 0 Å². The van der Waals surface area contributed by atoms with Crippen LogP contribution in [-0.2, 0) is 19.6 Å². The normalized spacial score (nSPS) is 46.1. The highest BCUT2D eigenvalue weighted by molar-refractivity contribution is 7.85. The van der Waals surface area contributed by atoms with Gasteiger partial charge in [-0.05, 0) is 116 Å². The van der Waals surface area contributed by atoms with E-state index < -0.39 is 33.3 Å². The minimum Gasteiger partial charge on any atom is -0.481 e. The summed E-state index contributed by atoms with van der Waals surface area (Å²) in [5.74, 6) is 1.50. The molecular formula is C33H55NO7S. The molecular weight excluding hydrogens is 554 g/mol. The number of carbonyl (C=O) groups is 2. The Morgan fingerprint density at radius 1 is 0.881 bits per heavy atom. The van der Waals surface area contributed by atoms with Crippen molar-refractivity contribution in [2.75, 3.05) is 12.3 Å². The lowest BCUT2D eigenvalue weighted by Crippen LogP contribution is -2.67. The summed E-state index contributed by atoms with van der Waals surface area (Å²) in [5, 5.41) is 13.1. The summed E-state index contributed by atoms with van der Waals surface area (Å²) in [7, 11) is -4.15. The first-order chi connectivity index (χ1) is 19.3. The molecule has 0 saturated heterocycles. The fourth-order valence-corrected chi connectivity index (χ4v) is 12.8. The number of nitrogens with one attached hydrogen (secondary N) is 1. The van der Waals surface area contributed by atoms with Gasteiger partial charge in [-0.3, -0.25) is 9.35 Å². The molecule has 240 valence electrons. The third-order valence-electron chi connectivity index (χ3n) is 14.6. The molecule has 0 aromatic carbocycles. The molecule has 5 saturated carbocycles. The molecule has 5 aliphatic carbocycles. The largest absolute Gasteiger partial charge is 0.481 e. The standard InChI is InChI=1S/C33H55NO7S/c1-20(2)21-10-15-33(27(35)36)17-16-31(6)22(26(21)33)8-9-24-30(5)13-12-25(41-28(37)34-18-19-42(38,39)40)29(3,4)23(30)11-14-32(24,31)7/h20-26H,8-19H2,1-7H3,(H,34,37)(H,35,36)(H,38,39,40)/t21-,22?,23?,24?,25+,26?,30-,31+,32+,33-/m0/s1. The smallest absolute Gasteiger partial charge is 0.407 e. The second kappa shape index (κ2) is 10.3. The number of carboxylic acids is 1. The number of fused-ring (bicyclic) bond motifs is 7. The van der Waals surface area contributed by atoms with Crippen LogP contribution in [0.4, 0.5) is 4.79 Å². The third-order valence-corrected chi connectivity index (χ3v) is 15.3. The van der Waals surface area contributed by atoms with Gasteiger partial charge in [0, 0.05) is 12.0 Å². The van der Waals surface area contributed by atoms with Gasteiger partial charge in [0.05, 0.1) is 11.2 Å². The molecule has 10 atom stereocenters. The summed E-state index contributed by atoms with van der Waals surface area (Å²) < 4.78 is 37.0. The van der Waals surface area contributed by atoms with Crippen LogP contribution in [0.2, 0.25) is 0 Å². The molecule has 8 nitrogen and oxygen atoms in total. The van der Waals surface area contributed by atoms with Crippen LogP contribution in [0.25, 0.3) is 0 Å². The van der Waals surface area contributed by atoms with E-state index in [0.717, 1.165) is 64.2 Å². The molecule has 1 amide bonds. The lowest BCUT2D eigenvalue weighted by atomic mass is 9.32. The first-order valence-electron chi connectivity index (χ1n) is 16.5. The van der Waals surface area contributed by atoms with Crippen molar-refractivity contribution < 1.29 is 32.4 Å². The summed E-state index contributed by atoms with van der Waals surface area (Å²) in [4.78, 5) is 25.5. The number of hydrogen-bond donors (Lipinski definition) is 3. The number of hydrogen-bond acceptors (Lipinski definition) is 5. The van der Waals surface area contributed by atoms with Gasteiger partial charge in [0.25, 0.3) is 10.1 Å². The lowest BCUT2D eigenvalue weighted by Gasteiger charge is -2.72. The Bertz CT molecular complexity index is 1200. The van der Waals surface area contributed by atoms with Crippen LogP contribution in [0.1, 0.15) is 113 Å². The number of rotatable bonds is 6. The molecule has 0 heterocycles. The monoisotopic (exact) mass is 609 g/mol. The van der Waals surface area contributed by atoms with Crippen molar-refractivity contribution in [3.8, 4) is 0 Å². The lowest BCUT2D eigenvalue weighted by molar-refractivity contribution is -0.249. The van der Waals surface area contributed by atoms with Crippen molar-refractivity contribution in [2.45, 2.75) is 119 Å². The predicted octanol–water partition coefficient (Wildman–Crippen LogP) is 6.79. The Morgan fingerprint density at radius 2 is 1.57 bits per heavy atom. The van der Waals surface area contributed by atoms with Gasteiger partial charge in [0.15, 0.2) is 0 Å².